The molecule has 0 aromatic heterocycles. The fourth-order valence-electron chi connectivity index (χ4n) is 1.90. The molecule has 0 heterocycles. The molecule has 2 heteroatoms. The van der Waals surface area contributed by atoms with Gasteiger partial charge in [0.1, 0.15) is 6.10 Å². The quantitative estimate of drug-likeness (QED) is 0.692. The minimum atomic E-state index is -0.158. The first-order valence-corrected chi connectivity index (χ1v) is 6.44. The van der Waals surface area contributed by atoms with Crippen molar-refractivity contribution >= 4 is 5.97 Å². The van der Waals surface area contributed by atoms with Gasteiger partial charge >= 0.3 is 5.97 Å². The van der Waals surface area contributed by atoms with Crippen molar-refractivity contribution < 1.29 is 9.53 Å². The number of esters is 1. The van der Waals surface area contributed by atoms with Crippen LogP contribution in [0.2, 0.25) is 0 Å². The smallest absolute Gasteiger partial charge is 0.309 e. The highest BCUT2D eigenvalue weighted by atomic mass is 16.5. The molecular weight excluding hydrogens is 212 g/mol. The summed E-state index contributed by atoms with van der Waals surface area (Å²) < 4.78 is 5.50. The predicted molar refractivity (Wildman–Crippen MR) is 69.6 cm³/mol. The van der Waals surface area contributed by atoms with Gasteiger partial charge in [0.25, 0.3) is 0 Å². The molecule has 0 amide bonds. The van der Waals surface area contributed by atoms with Crippen molar-refractivity contribution in [3.05, 3.63) is 35.9 Å². The Bertz CT molecular complexity index is 332. The first kappa shape index (κ1) is 13.8. The summed E-state index contributed by atoms with van der Waals surface area (Å²) in [5.74, 6) is -0.0168. The van der Waals surface area contributed by atoms with Gasteiger partial charge in [-0.05, 0) is 25.3 Å². The van der Waals surface area contributed by atoms with E-state index in [1.165, 1.54) is 0 Å². The van der Waals surface area contributed by atoms with E-state index < -0.39 is 0 Å². The van der Waals surface area contributed by atoms with Crippen molar-refractivity contribution in [2.24, 2.45) is 5.92 Å². The van der Waals surface area contributed by atoms with Crippen molar-refractivity contribution in [1.29, 1.82) is 0 Å². The molecule has 2 atom stereocenters. The number of hydrogen-bond donors (Lipinski definition) is 0. The minimum absolute atomic E-state index is 0.0474. The Balaban J connectivity index is 2.56. The van der Waals surface area contributed by atoms with Crippen LogP contribution in [0.25, 0.3) is 0 Å². The van der Waals surface area contributed by atoms with Crippen molar-refractivity contribution in [2.75, 3.05) is 0 Å². The van der Waals surface area contributed by atoms with Gasteiger partial charge in [-0.2, -0.15) is 0 Å². The average Bonchev–Trinajstić information content (AvgIpc) is 2.36. The Labute approximate surface area is 104 Å². The average molecular weight is 234 g/mol. The fourth-order valence-corrected chi connectivity index (χ4v) is 1.90. The van der Waals surface area contributed by atoms with E-state index in [0.717, 1.165) is 24.8 Å². The maximum absolute atomic E-state index is 11.9. The van der Waals surface area contributed by atoms with E-state index in [9.17, 15) is 4.79 Å². The molecule has 0 spiro atoms. The molecular formula is C15H22O2. The van der Waals surface area contributed by atoms with Gasteiger partial charge in [-0.3, -0.25) is 4.79 Å². The summed E-state index contributed by atoms with van der Waals surface area (Å²) in [6, 6.07) is 9.85. The van der Waals surface area contributed by atoms with Crippen LogP contribution >= 0.6 is 0 Å². The first-order valence-electron chi connectivity index (χ1n) is 6.44. The number of carbonyl (C=O) groups excluding carboxylic acids is 1. The zero-order valence-electron chi connectivity index (χ0n) is 11.0. The van der Waals surface area contributed by atoms with E-state index in [-0.39, 0.29) is 18.0 Å². The van der Waals surface area contributed by atoms with Crippen LogP contribution in [0.5, 0.6) is 0 Å². The molecule has 0 bridgehead atoms. The normalized spacial score (nSPS) is 14.1. The molecule has 1 aromatic rings. The van der Waals surface area contributed by atoms with Crippen molar-refractivity contribution in [2.45, 2.75) is 46.1 Å². The lowest BCUT2D eigenvalue weighted by Crippen LogP contribution is -2.18. The molecule has 2 unspecified atom stereocenters. The van der Waals surface area contributed by atoms with E-state index in [4.69, 9.17) is 4.74 Å². The van der Waals surface area contributed by atoms with Gasteiger partial charge in [-0.15, -0.1) is 0 Å². The van der Waals surface area contributed by atoms with Crippen molar-refractivity contribution in [3.63, 3.8) is 0 Å². The van der Waals surface area contributed by atoms with Crippen LogP contribution in [0.15, 0.2) is 30.3 Å². The molecule has 17 heavy (non-hydrogen) atoms. The van der Waals surface area contributed by atoms with Gasteiger partial charge in [0.15, 0.2) is 0 Å². The third-order valence-electron chi connectivity index (χ3n) is 3.03. The maximum atomic E-state index is 11.9. The molecule has 0 saturated carbocycles. The van der Waals surface area contributed by atoms with Gasteiger partial charge in [-0.1, -0.05) is 50.6 Å². The molecule has 0 N–H and O–H groups in total. The monoisotopic (exact) mass is 234 g/mol. The van der Waals surface area contributed by atoms with E-state index in [0.29, 0.717) is 0 Å². The number of carbonyl (C=O) groups is 1. The van der Waals surface area contributed by atoms with Gasteiger partial charge < -0.3 is 4.74 Å². The van der Waals surface area contributed by atoms with E-state index in [1.807, 2.05) is 44.2 Å². The highest BCUT2D eigenvalue weighted by molar-refractivity contribution is 5.72. The number of hydrogen-bond acceptors (Lipinski definition) is 2. The zero-order valence-corrected chi connectivity index (χ0v) is 11.0. The van der Waals surface area contributed by atoms with Gasteiger partial charge in [0.2, 0.25) is 0 Å². The zero-order chi connectivity index (χ0) is 12.7. The molecule has 0 aliphatic heterocycles. The van der Waals surface area contributed by atoms with E-state index >= 15 is 0 Å². The standard InChI is InChI=1S/C15H22O2/c1-4-9-13(5-2)15(16)17-12(3)14-10-7-6-8-11-14/h6-8,10-13H,4-5,9H2,1-3H3. The maximum Gasteiger partial charge on any atom is 0.309 e. The largest absolute Gasteiger partial charge is 0.458 e. The molecule has 1 aromatic carbocycles. The molecule has 2 nitrogen and oxygen atoms in total. The van der Waals surface area contributed by atoms with Crippen LogP contribution in [0.1, 0.15) is 51.7 Å². The second-order valence-electron chi connectivity index (χ2n) is 4.38. The van der Waals surface area contributed by atoms with Crippen LogP contribution in [0, 0.1) is 5.92 Å². The molecule has 0 radical (unpaired) electrons. The number of ether oxygens (including phenoxy) is 1. The Morgan fingerprint density at radius 1 is 1.24 bits per heavy atom. The summed E-state index contributed by atoms with van der Waals surface area (Å²) in [5, 5.41) is 0. The first-order chi connectivity index (χ1) is 8.19. The summed E-state index contributed by atoms with van der Waals surface area (Å²) >= 11 is 0. The SMILES string of the molecule is CCCC(CC)C(=O)OC(C)c1ccccc1. The van der Waals surface area contributed by atoms with Crippen LogP contribution in [-0.2, 0) is 9.53 Å². The van der Waals surface area contributed by atoms with Crippen LogP contribution in [0.3, 0.4) is 0 Å². The number of benzene rings is 1. The Hall–Kier alpha value is -1.31. The van der Waals surface area contributed by atoms with E-state index in [2.05, 4.69) is 6.92 Å². The fraction of sp³-hybridized carbons (Fsp3) is 0.533. The second kappa shape index (κ2) is 7.10. The van der Waals surface area contributed by atoms with Crippen LogP contribution < -0.4 is 0 Å². The third-order valence-corrected chi connectivity index (χ3v) is 3.03. The molecule has 1 rings (SSSR count). The van der Waals surface area contributed by atoms with E-state index in [1.54, 1.807) is 0 Å². The highest BCUT2D eigenvalue weighted by Gasteiger charge is 2.19. The van der Waals surface area contributed by atoms with Gasteiger partial charge in [0.05, 0.1) is 5.92 Å². The molecule has 0 saturated heterocycles. The lowest BCUT2D eigenvalue weighted by Gasteiger charge is -2.18. The lowest BCUT2D eigenvalue weighted by molar-refractivity contribution is -0.154. The number of rotatable bonds is 6. The van der Waals surface area contributed by atoms with Gasteiger partial charge in [-0.25, -0.2) is 0 Å². The Kier molecular flexibility index (Phi) is 5.75. The van der Waals surface area contributed by atoms with Crippen molar-refractivity contribution in [3.8, 4) is 0 Å². The molecule has 0 aliphatic rings. The molecule has 0 fully saturated rings. The minimum Gasteiger partial charge on any atom is -0.458 e. The Morgan fingerprint density at radius 3 is 2.41 bits per heavy atom. The molecule has 0 aliphatic carbocycles. The molecule has 94 valence electrons. The lowest BCUT2D eigenvalue weighted by atomic mass is 10.0. The topological polar surface area (TPSA) is 26.3 Å². The summed E-state index contributed by atoms with van der Waals surface area (Å²) in [7, 11) is 0. The summed E-state index contributed by atoms with van der Waals surface area (Å²) in [6.07, 6.45) is 2.63. The van der Waals surface area contributed by atoms with Crippen LogP contribution in [0.4, 0.5) is 0 Å². The Morgan fingerprint density at radius 2 is 1.88 bits per heavy atom. The summed E-state index contributed by atoms with van der Waals surface area (Å²) in [4.78, 5) is 11.9. The third kappa shape index (κ3) is 4.22. The van der Waals surface area contributed by atoms with Crippen LogP contribution in [-0.4, -0.2) is 5.97 Å². The van der Waals surface area contributed by atoms with Gasteiger partial charge in [0, 0.05) is 0 Å². The predicted octanol–water partition coefficient (Wildman–Crippen LogP) is 4.12. The summed E-state index contributed by atoms with van der Waals surface area (Å²) in [5.41, 5.74) is 1.05. The summed E-state index contributed by atoms with van der Waals surface area (Å²) in [6.45, 7) is 6.05. The second-order valence-corrected chi connectivity index (χ2v) is 4.38. The highest BCUT2D eigenvalue weighted by Crippen LogP contribution is 2.20. The van der Waals surface area contributed by atoms with Crippen molar-refractivity contribution in [1.82, 2.24) is 0 Å².